The van der Waals surface area contributed by atoms with Crippen molar-refractivity contribution in [3.63, 3.8) is 0 Å². The summed E-state index contributed by atoms with van der Waals surface area (Å²) in [6, 6.07) is 0.975. The van der Waals surface area contributed by atoms with Crippen molar-refractivity contribution in [1.29, 1.82) is 0 Å². The van der Waals surface area contributed by atoms with Gasteiger partial charge in [-0.05, 0) is 25.5 Å². The minimum Gasteiger partial charge on any atom is -0.330 e. The lowest BCUT2D eigenvalue weighted by Gasteiger charge is -2.09. The summed E-state index contributed by atoms with van der Waals surface area (Å²) < 4.78 is 37.9. The van der Waals surface area contributed by atoms with Crippen LogP contribution in [0.25, 0.3) is 0 Å². The average Bonchev–Trinajstić information content (AvgIpc) is 2.52. The fraction of sp³-hybridized carbons (Fsp3) is 0.625. The predicted octanol–water partition coefficient (Wildman–Crippen LogP) is 1.64. The first kappa shape index (κ1) is 11.0. The van der Waals surface area contributed by atoms with Crippen molar-refractivity contribution < 1.29 is 13.2 Å². The SMILES string of the molecule is NCCCCn1nccc1C(F)(F)F. The van der Waals surface area contributed by atoms with Gasteiger partial charge in [-0.25, -0.2) is 0 Å². The van der Waals surface area contributed by atoms with Gasteiger partial charge in [-0.1, -0.05) is 0 Å². The molecule has 1 aromatic rings. The fourth-order valence-corrected chi connectivity index (χ4v) is 1.16. The topological polar surface area (TPSA) is 43.8 Å². The Morgan fingerprint density at radius 3 is 2.64 bits per heavy atom. The number of aryl methyl sites for hydroxylation is 1. The van der Waals surface area contributed by atoms with Gasteiger partial charge in [0, 0.05) is 12.7 Å². The van der Waals surface area contributed by atoms with E-state index in [9.17, 15) is 13.2 Å². The van der Waals surface area contributed by atoms with Crippen LogP contribution in [0.3, 0.4) is 0 Å². The number of unbranched alkanes of at least 4 members (excludes halogenated alkanes) is 1. The molecule has 0 saturated carbocycles. The molecule has 1 rings (SSSR count). The van der Waals surface area contributed by atoms with Gasteiger partial charge in [0.25, 0.3) is 0 Å². The van der Waals surface area contributed by atoms with Gasteiger partial charge in [-0.2, -0.15) is 18.3 Å². The lowest BCUT2D eigenvalue weighted by Crippen LogP contribution is -2.15. The van der Waals surface area contributed by atoms with Crippen LogP contribution in [0.15, 0.2) is 12.3 Å². The molecule has 0 fully saturated rings. The molecular weight excluding hydrogens is 195 g/mol. The Bertz CT molecular complexity index is 280. The first-order chi connectivity index (χ1) is 6.55. The normalized spacial score (nSPS) is 12.0. The second-order valence-corrected chi connectivity index (χ2v) is 2.93. The lowest BCUT2D eigenvalue weighted by molar-refractivity contribution is -0.144. The van der Waals surface area contributed by atoms with Gasteiger partial charge in [0.15, 0.2) is 0 Å². The number of hydrogen-bond acceptors (Lipinski definition) is 2. The van der Waals surface area contributed by atoms with Crippen molar-refractivity contribution in [3.8, 4) is 0 Å². The minimum atomic E-state index is -4.32. The van der Waals surface area contributed by atoms with E-state index in [1.165, 1.54) is 0 Å². The van der Waals surface area contributed by atoms with Gasteiger partial charge in [0.1, 0.15) is 5.69 Å². The van der Waals surface area contributed by atoms with Crippen molar-refractivity contribution >= 4 is 0 Å². The van der Waals surface area contributed by atoms with E-state index in [-0.39, 0.29) is 6.54 Å². The van der Waals surface area contributed by atoms with Crippen molar-refractivity contribution in [1.82, 2.24) is 9.78 Å². The monoisotopic (exact) mass is 207 g/mol. The molecule has 0 aliphatic rings. The van der Waals surface area contributed by atoms with Gasteiger partial charge >= 0.3 is 6.18 Å². The molecule has 0 spiro atoms. The molecule has 0 aliphatic carbocycles. The van der Waals surface area contributed by atoms with Crippen LogP contribution in [0.4, 0.5) is 13.2 Å². The highest BCUT2D eigenvalue weighted by Crippen LogP contribution is 2.28. The third-order valence-corrected chi connectivity index (χ3v) is 1.83. The number of nitrogens with two attached hydrogens (primary N) is 1. The second-order valence-electron chi connectivity index (χ2n) is 2.93. The van der Waals surface area contributed by atoms with E-state index in [0.29, 0.717) is 19.4 Å². The number of nitrogens with zero attached hydrogens (tertiary/aromatic N) is 2. The summed E-state index contributed by atoms with van der Waals surface area (Å²) in [7, 11) is 0. The molecule has 80 valence electrons. The Hall–Kier alpha value is -1.04. The van der Waals surface area contributed by atoms with Crippen molar-refractivity contribution in [2.24, 2.45) is 5.73 Å². The van der Waals surface area contributed by atoms with E-state index < -0.39 is 11.9 Å². The number of alkyl halides is 3. The maximum atomic E-state index is 12.3. The Labute approximate surface area is 79.7 Å². The summed E-state index contributed by atoms with van der Waals surface area (Å²) in [5.41, 5.74) is 4.54. The molecule has 0 atom stereocenters. The summed E-state index contributed by atoms with van der Waals surface area (Å²) in [6.45, 7) is 0.752. The summed E-state index contributed by atoms with van der Waals surface area (Å²) in [6.07, 6.45) is -1.84. The van der Waals surface area contributed by atoms with Crippen molar-refractivity contribution in [2.45, 2.75) is 25.6 Å². The minimum absolute atomic E-state index is 0.263. The quantitative estimate of drug-likeness (QED) is 0.763. The molecule has 14 heavy (non-hydrogen) atoms. The van der Waals surface area contributed by atoms with Crippen LogP contribution >= 0.6 is 0 Å². The van der Waals surface area contributed by atoms with E-state index in [0.717, 1.165) is 16.9 Å². The average molecular weight is 207 g/mol. The molecule has 0 amide bonds. The summed E-state index contributed by atoms with van der Waals surface area (Å²) in [5.74, 6) is 0. The van der Waals surface area contributed by atoms with Crippen LogP contribution in [0.1, 0.15) is 18.5 Å². The van der Waals surface area contributed by atoms with Crippen molar-refractivity contribution in [2.75, 3.05) is 6.54 Å². The Kier molecular flexibility index (Phi) is 3.51. The zero-order valence-corrected chi connectivity index (χ0v) is 7.59. The molecule has 0 aromatic carbocycles. The zero-order chi connectivity index (χ0) is 10.6. The smallest absolute Gasteiger partial charge is 0.330 e. The van der Waals surface area contributed by atoms with Crippen molar-refractivity contribution in [3.05, 3.63) is 18.0 Å². The van der Waals surface area contributed by atoms with Crippen LogP contribution in [0.2, 0.25) is 0 Å². The summed E-state index contributed by atoms with van der Waals surface area (Å²) >= 11 is 0. The number of hydrogen-bond donors (Lipinski definition) is 1. The highest BCUT2D eigenvalue weighted by molar-refractivity contribution is 5.04. The lowest BCUT2D eigenvalue weighted by atomic mass is 10.3. The molecule has 1 aromatic heterocycles. The number of aromatic nitrogens is 2. The number of rotatable bonds is 4. The number of halogens is 3. The molecule has 6 heteroatoms. The Balaban J connectivity index is 2.63. The van der Waals surface area contributed by atoms with Gasteiger partial charge in [0.2, 0.25) is 0 Å². The highest BCUT2D eigenvalue weighted by Gasteiger charge is 2.34. The molecule has 2 N–H and O–H groups in total. The van der Waals surface area contributed by atoms with E-state index >= 15 is 0 Å². The molecule has 0 saturated heterocycles. The molecular formula is C8H12F3N3. The maximum absolute atomic E-state index is 12.3. The van der Waals surface area contributed by atoms with Crippen LogP contribution in [0, 0.1) is 0 Å². The molecule has 0 bridgehead atoms. The molecule has 0 aliphatic heterocycles. The molecule has 1 heterocycles. The molecule has 0 radical (unpaired) electrons. The van der Waals surface area contributed by atoms with Crippen LogP contribution in [-0.4, -0.2) is 16.3 Å². The first-order valence-electron chi connectivity index (χ1n) is 4.35. The second kappa shape index (κ2) is 4.45. The van der Waals surface area contributed by atoms with Gasteiger partial charge in [-0.3, -0.25) is 4.68 Å². The summed E-state index contributed by atoms with van der Waals surface area (Å²) in [5, 5.41) is 3.61. The van der Waals surface area contributed by atoms with E-state index in [1.54, 1.807) is 0 Å². The van der Waals surface area contributed by atoms with E-state index in [2.05, 4.69) is 5.10 Å². The Morgan fingerprint density at radius 1 is 1.36 bits per heavy atom. The zero-order valence-electron chi connectivity index (χ0n) is 7.59. The van der Waals surface area contributed by atoms with Crippen LogP contribution in [-0.2, 0) is 12.7 Å². The van der Waals surface area contributed by atoms with Gasteiger partial charge in [-0.15, -0.1) is 0 Å². The molecule has 3 nitrogen and oxygen atoms in total. The maximum Gasteiger partial charge on any atom is 0.433 e. The van der Waals surface area contributed by atoms with E-state index in [4.69, 9.17) is 5.73 Å². The van der Waals surface area contributed by atoms with E-state index in [1.807, 2.05) is 0 Å². The first-order valence-corrected chi connectivity index (χ1v) is 4.35. The fourth-order valence-electron chi connectivity index (χ4n) is 1.16. The predicted molar refractivity (Wildman–Crippen MR) is 45.5 cm³/mol. The third kappa shape index (κ3) is 2.73. The highest BCUT2D eigenvalue weighted by atomic mass is 19.4. The standard InChI is InChI=1S/C8H12F3N3/c9-8(10,11)7-3-5-13-14(7)6-2-1-4-12/h3,5H,1-2,4,6,12H2. The third-order valence-electron chi connectivity index (χ3n) is 1.83. The largest absolute Gasteiger partial charge is 0.433 e. The summed E-state index contributed by atoms with van der Waals surface area (Å²) in [4.78, 5) is 0. The van der Waals surface area contributed by atoms with Gasteiger partial charge < -0.3 is 5.73 Å². The van der Waals surface area contributed by atoms with Gasteiger partial charge in [0.05, 0.1) is 0 Å². The Morgan fingerprint density at radius 2 is 2.07 bits per heavy atom. The van der Waals surface area contributed by atoms with Crippen LogP contribution < -0.4 is 5.73 Å². The van der Waals surface area contributed by atoms with Crippen LogP contribution in [0.5, 0.6) is 0 Å². The molecule has 0 unspecified atom stereocenters.